The second-order valence-corrected chi connectivity index (χ2v) is 5.63. The molecule has 3 N–H and O–H groups in total. The second-order valence-electron chi connectivity index (χ2n) is 5.63. The maximum Gasteiger partial charge on any atom is 0.340 e. The summed E-state index contributed by atoms with van der Waals surface area (Å²) >= 11 is 0. The van der Waals surface area contributed by atoms with Crippen molar-refractivity contribution in [3.05, 3.63) is 41.1 Å². The SMILES string of the molecule is COC(=O)c1cc2c(c(C#N)nn2C)c(-c2cccc(O)c2C)c1N. The number of rotatable bonds is 2. The quantitative estimate of drug-likeness (QED) is 0.549. The Hall–Kier alpha value is -3.53. The molecule has 0 aliphatic carbocycles. The van der Waals surface area contributed by atoms with E-state index in [0.717, 1.165) is 0 Å². The van der Waals surface area contributed by atoms with Gasteiger partial charge in [-0.1, -0.05) is 12.1 Å². The number of carbonyl (C=O) groups excluding carboxylic acids is 1. The molecule has 0 spiro atoms. The molecule has 1 heterocycles. The Labute approximate surface area is 143 Å². The number of carbonyl (C=O) groups is 1. The predicted octanol–water partition coefficient (Wildman–Crippen LogP) is 2.49. The summed E-state index contributed by atoms with van der Waals surface area (Å²) in [6.45, 7) is 1.74. The number of esters is 1. The molecule has 3 aromatic rings. The summed E-state index contributed by atoms with van der Waals surface area (Å²) in [6, 6.07) is 8.63. The topological polar surface area (TPSA) is 114 Å². The summed E-state index contributed by atoms with van der Waals surface area (Å²) in [5, 5.41) is 24.2. The molecular formula is C18H16N4O3. The molecule has 7 nitrogen and oxygen atoms in total. The zero-order valence-corrected chi connectivity index (χ0v) is 14.0. The number of benzene rings is 2. The van der Waals surface area contributed by atoms with Gasteiger partial charge < -0.3 is 15.6 Å². The minimum absolute atomic E-state index is 0.0934. The van der Waals surface area contributed by atoms with Crippen LogP contribution < -0.4 is 5.73 Å². The average molecular weight is 336 g/mol. The van der Waals surface area contributed by atoms with E-state index in [4.69, 9.17) is 10.5 Å². The van der Waals surface area contributed by atoms with Crippen LogP contribution in [0.5, 0.6) is 5.75 Å². The third-order valence-corrected chi connectivity index (χ3v) is 4.27. The highest BCUT2D eigenvalue weighted by molar-refractivity contribution is 6.11. The molecule has 25 heavy (non-hydrogen) atoms. The van der Waals surface area contributed by atoms with E-state index in [1.807, 2.05) is 0 Å². The molecule has 126 valence electrons. The molecule has 3 rings (SSSR count). The van der Waals surface area contributed by atoms with Crippen LogP contribution in [-0.2, 0) is 11.8 Å². The van der Waals surface area contributed by atoms with Gasteiger partial charge in [-0.25, -0.2) is 4.79 Å². The van der Waals surface area contributed by atoms with Crippen LogP contribution in [0.15, 0.2) is 24.3 Å². The highest BCUT2D eigenvalue weighted by Gasteiger charge is 2.24. The Kier molecular flexibility index (Phi) is 3.81. The van der Waals surface area contributed by atoms with Crippen molar-refractivity contribution in [1.29, 1.82) is 5.26 Å². The number of anilines is 1. The van der Waals surface area contributed by atoms with Crippen LogP contribution in [0.3, 0.4) is 0 Å². The Morgan fingerprint density at radius 2 is 2.16 bits per heavy atom. The van der Waals surface area contributed by atoms with E-state index in [0.29, 0.717) is 27.6 Å². The number of aromatic hydroxyl groups is 1. The first-order chi connectivity index (χ1) is 11.9. The number of aryl methyl sites for hydroxylation is 1. The van der Waals surface area contributed by atoms with Crippen LogP contribution in [0.1, 0.15) is 21.6 Å². The number of phenolic OH excluding ortho intramolecular Hbond substituents is 1. The smallest absolute Gasteiger partial charge is 0.340 e. The molecule has 0 saturated carbocycles. The zero-order valence-electron chi connectivity index (χ0n) is 14.0. The van der Waals surface area contributed by atoms with Crippen LogP contribution in [0.4, 0.5) is 5.69 Å². The predicted molar refractivity (Wildman–Crippen MR) is 93.0 cm³/mol. The highest BCUT2D eigenvalue weighted by atomic mass is 16.5. The molecule has 2 aromatic carbocycles. The van der Waals surface area contributed by atoms with E-state index in [1.165, 1.54) is 11.8 Å². The van der Waals surface area contributed by atoms with Gasteiger partial charge in [0.25, 0.3) is 0 Å². The summed E-state index contributed by atoms with van der Waals surface area (Å²) in [6.07, 6.45) is 0. The number of aromatic nitrogens is 2. The first-order valence-corrected chi connectivity index (χ1v) is 7.47. The lowest BCUT2D eigenvalue weighted by Crippen LogP contribution is -2.08. The highest BCUT2D eigenvalue weighted by Crippen LogP contribution is 2.41. The number of nitrogens with two attached hydrogens (primary N) is 1. The summed E-state index contributed by atoms with van der Waals surface area (Å²) in [7, 11) is 2.95. The van der Waals surface area contributed by atoms with Gasteiger partial charge in [-0.2, -0.15) is 10.4 Å². The number of hydrogen-bond donors (Lipinski definition) is 2. The van der Waals surface area contributed by atoms with E-state index in [2.05, 4.69) is 11.2 Å². The molecule has 0 saturated heterocycles. The fourth-order valence-electron chi connectivity index (χ4n) is 2.96. The maximum atomic E-state index is 12.2. The first-order valence-electron chi connectivity index (χ1n) is 7.47. The van der Waals surface area contributed by atoms with E-state index in [-0.39, 0.29) is 22.7 Å². The van der Waals surface area contributed by atoms with Crippen LogP contribution in [0.25, 0.3) is 22.0 Å². The van der Waals surface area contributed by atoms with Crippen LogP contribution in [-0.4, -0.2) is 28.0 Å². The van der Waals surface area contributed by atoms with Crippen molar-refractivity contribution in [1.82, 2.24) is 9.78 Å². The Morgan fingerprint density at radius 3 is 2.80 bits per heavy atom. The van der Waals surface area contributed by atoms with Crippen LogP contribution >= 0.6 is 0 Å². The minimum atomic E-state index is -0.585. The van der Waals surface area contributed by atoms with E-state index >= 15 is 0 Å². The lowest BCUT2D eigenvalue weighted by molar-refractivity contribution is 0.0602. The van der Waals surface area contributed by atoms with Gasteiger partial charge in [-0.05, 0) is 30.2 Å². The van der Waals surface area contributed by atoms with Crippen LogP contribution in [0, 0.1) is 18.3 Å². The molecule has 0 atom stereocenters. The molecule has 1 aromatic heterocycles. The molecular weight excluding hydrogens is 320 g/mol. The molecule has 0 aliphatic heterocycles. The number of nitriles is 1. The first kappa shape index (κ1) is 16.3. The third kappa shape index (κ3) is 2.35. The molecule has 0 radical (unpaired) electrons. The van der Waals surface area contributed by atoms with Crippen molar-refractivity contribution in [2.75, 3.05) is 12.8 Å². The molecule has 0 unspecified atom stereocenters. The number of ether oxygens (including phenoxy) is 1. The fourth-order valence-corrected chi connectivity index (χ4v) is 2.96. The molecule has 0 fully saturated rings. The summed E-state index contributed by atoms with van der Waals surface area (Å²) in [5.41, 5.74) is 9.10. The standard InChI is InChI=1S/C18H16N4O3/c1-9-10(5-4-6-14(9)23)15-16-12(8-19)21-22(2)13(16)7-11(17(15)20)18(24)25-3/h4-7,23H,20H2,1-3H3. The number of fused-ring (bicyclic) bond motifs is 1. The Balaban J connectivity index is 2.55. The van der Waals surface area contributed by atoms with Crippen molar-refractivity contribution >= 4 is 22.6 Å². The number of phenols is 1. The number of nitrogen functional groups attached to an aromatic ring is 1. The van der Waals surface area contributed by atoms with E-state index < -0.39 is 5.97 Å². The van der Waals surface area contributed by atoms with Gasteiger partial charge >= 0.3 is 5.97 Å². The third-order valence-electron chi connectivity index (χ3n) is 4.27. The summed E-state index contributed by atoms with van der Waals surface area (Å²) in [5.74, 6) is -0.492. The summed E-state index contributed by atoms with van der Waals surface area (Å²) in [4.78, 5) is 12.2. The monoisotopic (exact) mass is 336 g/mol. The van der Waals surface area contributed by atoms with Crippen molar-refractivity contribution in [3.63, 3.8) is 0 Å². The number of nitrogens with zero attached hydrogens (tertiary/aromatic N) is 3. The average Bonchev–Trinajstić information content (AvgIpc) is 2.92. The second kappa shape index (κ2) is 5.83. The number of hydrogen-bond acceptors (Lipinski definition) is 6. The molecule has 7 heteroatoms. The van der Waals surface area contributed by atoms with E-state index in [1.54, 1.807) is 38.2 Å². The van der Waals surface area contributed by atoms with Crippen molar-refractivity contribution < 1.29 is 14.6 Å². The van der Waals surface area contributed by atoms with Gasteiger partial charge in [0.2, 0.25) is 0 Å². The maximum absolute atomic E-state index is 12.2. The Bertz CT molecular complexity index is 1060. The lowest BCUT2D eigenvalue weighted by atomic mass is 9.92. The lowest BCUT2D eigenvalue weighted by Gasteiger charge is -2.15. The summed E-state index contributed by atoms with van der Waals surface area (Å²) < 4.78 is 6.34. The van der Waals surface area contributed by atoms with Gasteiger partial charge in [0.15, 0.2) is 5.69 Å². The van der Waals surface area contributed by atoms with Gasteiger partial charge in [0.1, 0.15) is 11.8 Å². The van der Waals surface area contributed by atoms with Crippen molar-refractivity contribution in [2.45, 2.75) is 6.92 Å². The van der Waals surface area contributed by atoms with Gasteiger partial charge in [-0.15, -0.1) is 0 Å². The van der Waals surface area contributed by atoms with Gasteiger partial charge in [0, 0.05) is 18.0 Å². The van der Waals surface area contributed by atoms with Crippen molar-refractivity contribution in [3.8, 4) is 22.9 Å². The minimum Gasteiger partial charge on any atom is -0.508 e. The molecule has 0 aliphatic rings. The largest absolute Gasteiger partial charge is 0.508 e. The van der Waals surface area contributed by atoms with Gasteiger partial charge in [0.05, 0.1) is 23.9 Å². The Morgan fingerprint density at radius 1 is 1.44 bits per heavy atom. The number of methoxy groups -OCH3 is 1. The van der Waals surface area contributed by atoms with Crippen LogP contribution in [0.2, 0.25) is 0 Å². The normalized spacial score (nSPS) is 10.6. The fraction of sp³-hybridized carbons (Fsp3) is 0.167. The molecule has 0 amide bonds. The zero-order chi connectivity index (χ0) is 18.3. The van der Waals surface area contributed by atoms with Crippen molar-refractivity contribution in [2.24, 2.45) is 7.05 Å². The molecule has 0 bridgehead atoms. The van der Waals surface area contributed by atoms with Gasteiger partial charge in [-0.3, -0.25) is 4.68 Å². The van der Waals surface area contributed by atoms with E-state index in [9.17, 15) is 15.2 Å².